The van der Waals surface area contributed by atoms with Crippen LogP contribution >= 0.6 is 0 Å². The Bertz CT molecular complexity index is 678. The van der Waals surface area contributed by atoms with Crippen LogP contribution in [0, 0.1) is 6.92 Å². The number of halogens is 3. The van der Waals surface area contributed by atoms with E-state index >= 15 is 0 Å². The number of aromatic carboxylic acids is 1. The average Bonchev–Trinajstić information content (AvgIpc) is 2.40. The number of para-hydroxylation sites is 1. The third-order valence-corrected chi connectivity index (χ3v) is 2.85. The Labute approximate surface area is 118 Å². The minimum atomic E-state index is -4.77. The van der Waals surface area contributed by atoms with Crippen molar-refractivity contribution in [3.05, 3.63) is 59.2 Å². The van der Waals surface area contributed by atoms with E-state index in [0.29, 0.717) is 11.8 Å². The topological polar surface area (TPSA) is 46.5 Å². The first kappa shape index (κ1) is 14.9. The normalized spacial score (nSPS) is 11.2. The Morgan fingerprint density at radius 3 is 2.38 bits per heavy atom. The van der Waals surface area contributed by atoms with Crippen molar-refractivity contribution >= 4 is 5.97 Å². The molecule has 0 aliphatic carbocycles. The van der Waals surface area contributed by atoms with Crippen LogP contribution in [0.4, 0.5) is 13.2 Å². The summed E-state index contributed by atoms with van der Waals surface area (Å²) in [6.45, 7) is 1.76. The second kappa shape index (κ2) is 5.47. The van der Waals surface area contributed by atoms with Gasteiger partial charge in [0.2, 0.25) is 0 Å². The zero-order valence-corrected chi connectivity index (χ0v) is 10.9. The number of carboxylic acid groups (broad SMARTS) is 1. The predicted octanol–water partition coefficient (Wildman–Crippen LogP) is 4.50. The molecule has 0 heterocycles. The number of ether oxygens (including phenoxy) is 1. The highest BCUT2D eigenvalue weighted by Crippen LogP contribution is 2.36. The molecule has 2 aromatic rings. The number of carbonyl (C=O) groups is 1. The zero-order chi connectivity index (χ0) is 15.6. The summed E-state index contributed by atoms with van der Waals surface area (Å²) in [6.07, 6.45) is -4.77. The van der Waals surface area contributed by atoms with Gasteiger partial charge in [-0.25, -0.2) is 4.79 Å². The van der Waals surface area contributed by atoms with E-state index in [2.05, 4.69) is 0 Å². The van der Waals surface area contributed by atoms with Gasteiger partial charge in [0.15, 0.2) is 0 Å². The number of aryl methyl sites for hydroxylation is 1. The maximum Gasteiger partial charge on any atom is 0.417 e. The third-order valence-electron chi connectivity index (χ3n) is 2.85. The van der Waals surface area contributed by atoms with Gasteiger partial charge in [-0.3, -0.25) is 0 Å². The molecule has 0 bridgehead atoms. The Kier molecular flexibility index (Phi) is 3.88. The molecule has 2 rings (SSSR count). The number of hydrogen-bond donors (Lipinski definition) is 1. The molecule has 0 aliphatic rings. The lowest BCUT2D eigenvalue weighted by molar-refractivity contribution is -0.138. The molecule has 0 amide bonds. The summed E-state index contributed by atoms with van der Waals surface area (Å²) in [5.74, 6) is -1.29. The van der Waals surface area contributed by atoms with Gasteiger partial charge in [-0.1, -0.05) is 18.2 Å². The molecule has 6 heteroatoms. The lowest BCUT2D eigenvalue weighted by Gasteiger charge is -2.13. The van der Waals surface area contributed by atoms with E-state index in [4.69, 9.17) is 9.84 Å². The smallest absolute Gasteiger partial charge is 0.417 e. The largest absolute Gasteiger partial charge is 0.478 e. The molecule has 0 radical (unpaired) electrons. The summed E-state index contributed by atoms with van der Waals surface area (Å²) >= 11 is 0. The summed E-state index contributed by atoms with van der Waals surface area (Å²) in [5, 5.41) is 8.81. The second-order valence-electron chi connectivity index (χ2n) is 4.38. The Balaban J connectivity index is 2.43. The van der Waals surface area contributed by atoms with E-state index in [0.717, 1.165) is 11.6 Å². The van der Waals surface area contributed by atoms with Crippen molar-refractivity contribution in [2.45, 2.75) is 13.1 Å². The van der Waals surface area contributed by atoms with Gasteiger partial charge in [0.05, 0.1) is 11.1 Å². The van der Waals surface area contributed by atoms with Crippen molar-refractivity contribution in [3.63, 3.8) is 0 Å². The standard InChI is InChI=1S/C15H11F3O3/c1-9-4-2-3-5-13(9)21-10-6-7-11(14(19)20)12(8-10)15(16,17)18/h2-8H,1H3,(H,19,20). The van der Waals surface area contributed by atoms with Gasteiger partial charge >= 0.3 is 12.1 Å². The summed E-state index contributed by atoms with van der Waals surface area (Å²) in [7, 11) is 0. The van der Waals surface area contributed by atoms with Crippen molar-refractivity contribution in [2.75, 3.05) is 0 Å². The predicted molar refractivity (Wildman–Crippen MR) is 69.7 cm³/mol. The third kappa shape index (κ3) is 3.34. The fourth-order valence-corrected chi connectivity index (χ4v) is 1.81. The SMILES string of the molecule is Cc1ccccc1Oc1ccc(C(=O)O)c(C(F)(F)F)c1. The van der Waals surface area contributed by atoms with Crippen molar-refractivity contribution in [1.29, 1.82) is 0 Å². The number of carboxylic acids is 1. The van der Waals surface area contributed by atoms with Crippen LogP contribution in [0.5, 0.6) is 11.5 Å². The molecule has 0 fully saturated rings. The van der Waals surface area contributed by atoms with Crippen LogP contribution in [0.3, 0.4) is 0 Å². The Hall–Kier alpha value is -2.50. The zero-order valence-electron chi connectivity index (χ0n) is 10.9. The van der Waals surface area contributed by atoms with Gasteiger partial charge in [0, 0.05) is 0 Å². The molecule has 3 nitrogen and oxygen atoms in total. The first-order valence-corrected chi connectivity index (χ1v) is 5.97. The maximum absolute atomic E-state index is 12.9. The molecule has 0 spiro atoms. The molecule has 0 aromatic heterocycles. The van der Waals surface area contributed by atoms with Gasteiger partial charge in [-0.2, -0.15) is 13.2 Å². The lowest BCUT2D eigenvalue weighted by Crippen LogP contribution is -2.12. The molecule has 1 N–H and O–H groups in total. The van der Waals surface area contributed by atoms with E-state index in [1.54, 1.807) is 31.2 Å². The fourth-order valence-electron chi connectivity index (χ4n) is 1.81. The minimum Gasteiger partial charge on any atom is -0.478 e. The van der Waals surface area contributed by atoms with E-state index in [1.165, 1.54) is 6.07 Å². The van der Waals surface area contributed by atoms with Gasteiger partial charge in [0.25, 0.3) is 0 Å². The first-order valence-electron chi connectivity index (χ1n) is 5.97. The summed E-state index contributed by atoms with van der Waals surface area (Å²) in [4.78, 5) is 10.9. The van der Waals surface area contributed by atoms with Crippen LogP contribution in [0.15, 0.2) is 42.5 Å². The molecule has 2 aromatic carbocycles. The van der Waals surface area contributed by atoms with Crippen LogP contribution in [0.2, 0.25) is 0 Å². The minimum absolute atomic E-state index is 0.0679. The van der Waals surface area contributed by atoms with Gasteiger partial charge in [0.1, 0.15) is 11.5 Å². The van der Waals surface area contributed by atoms with Crippen LogP contribution in [-0.4, -0.2) is 11.1 Å². The molecule has 21 heavy (non-hydrogen) atoms. The summed E-state index contributed by atoms with van der Waals surface area (Å²) in [6, 6.07) is 9.62. The first-order chi connectivity index (χ1) is 9.79. The Morgan fingerprint density at radius 1 is 1.14 bits per heavy atom. The van der Waals surface area contributed by atoms with Crippen LogP contribution < -0.4 is 4.74 Å². The van der Waals surface area contributed by atoms with Crippen molar-refractivity contribution in [3.8, 4) is 11.5 Å². The van der Waals surface area contributed by atoms with E-state index in [-0.39, 0.29) is 5.75 Å². The van der Waals surface area contributed by atoms with Crippen LogP contribution in [0.1, 0.15) is 21.5 Å². The molecule has 0 saturated heterocycles. The number of hydrogen-bond acceptors (Lipinski definition) is 2. The summed E-state index contributed by atoms with van der Waals surface area (Å²) < 4.78 is 44.1. The van der Waals surface area contributed by atoms with Crippen molar-refractivity contribution < 1.29 is 27.8 Å². The molecular formula is C15H11F3O3. The van der Waals surface area contributed by atoms with E-state index < -0.39 is 23.3 Å². The van der Waals surface area contributed by atoms with E-state index in [9.17, 15) is 18.0 Å². The van der Waals surface area contributed by atoms with Gasteiger partial charge < -0.3 is 9.84 Å². The second-order valence-corrected chi connectivity index (χ2v) is 4.38. The van der Waals surface area contributed by atoms with Crippen molar-refractivity contribution in [2.24, 2.45) is 0 Å². The summed E-state index contributed by atoms with van der Waals surface area (Å²) in [5.41, 5.74) is -1.28. The van der Waals surface area contributed by atoms with Crippen LogP contribution in [0.25, 0.3) is 0 Å². The molecule has 110 valence electrons. The highest BCUT2D eigenvalue weighted by Gasteiger charge is 2.35. The van der Waals surface area contributed by atoms with E-state index in [1.807, 2.05) is 0 Å². The van der Waals surface area contributed by atoms with Crippen molar-refractivity contribution in [1.82, 2.24) is 0 Å². The molecule has 0 saturated carbocycles. The highest BCUT2D eigenvalue weighted by molar-refractivity contribution is 5.89. The molecule has 0 unspecified atom stereocenters. The number of alkyl halides is 3. The highest BCUT2D eigenvalue weighted by atomic mass is 19.4. The maximum atomic E-state index is 12.9. The quantitative estimate of drug-likeness (QED) is 0.906. The molecule has 0 aliphatic heterocycles. The lowest BCUT2D eigenvalue weighted by atomic mass is 10.1. The van der Waals surface area contributed by atoms with Crippen LogP contribution in [-0.2, 0) is 6.18 Å². The number of benzene rings is 2. The van der Waals surface area contributed by atoms with Gasteiger partial charge in [-0.05, 0) is 36.8 Å². The number of rotatable bonds is 3. The average molecular weight is 296 g/mol. The molecular weight excluding hydrogens is 285 g/mol. The molecule has 0 atom stereocenters. The Morgan fingerprint density at radius 2 is 1.81 bits per heavy atom. The van der Waals surface area contributed by atoms with Gasteiger partial charge in [-0.15, -0.1) is 0 Å². The fraction of sp³-hybridized carbons (Fsp3) is 0.133. The monoisotopic (exact) mass is 296 g/mol.